The first kappa shape index (κ1) is 8.44. The van der Waals surface area contributed by atoms with E-state index in [2.05, 4.69) is 4.98 Å². The molecule has 2 N–H and O–H groups in total. The predicted molar refractivity (Wildman–Crippen MR) is 49.0 cm³/mol. The molecule has 1 aromatic rings. The summed E-state index contributed by atoms with van der Waals surface area (Å²) in [5, 5.41) is 0. The van der Waals surface area contributed by atoms with Crippen LogP contribution in [0.5, 0.6) is 0 Å². The molecule has 4 heteroatoms. The van der Waals surface area contributed by atoms with E-state index in [-0.39, 0.29) is 5.82 Å². The maximum atomic E-state index is 13.2. The van der Waals surface area contributed by atoms with Gasteiger partial charge in [-0.1, -0.05) is 0 Å². The van der Waals surface area contributed by atoms with Gasteiger partial charge in [0.15, 0.2) is 5.82 Å². The van der Waals surface area contributed by atoms with E-state index in [9.17, 15) is 4.39 Å². The lowest BCUT2D eigenvalue weighted by Crippen LogP contribution is -2.52. The molecule has 1 fully saturated rings. The van der Waals surface area contributed by atoms with Gasteiger partial charge in [-0.15, -0.1) is 0 Å². The number of hydrogen-bond donors (Lipinski definition) is 1. The summed E-state index contributed by atoms with van der Waals surface area (Å²) in [5.41, 5.74) is 6.15. The Labute approximate surface area is 76.4 Å². The third-order valence-corrected chi connectivity index (χ3v) is 2.48. The van der Waals surface area contributed by atoms with Crippen LogP contribution in [0, 0.1) is 5.82 Å². The second-order valence-corrected chi connectivity index (χ2v) is 3.20. The highest BCUT2D eigenvalue weighted by Gasteiger charge is 2.28. The smallest absolute Gasteiger partial charge is 0.164 e. The van der Waals surface area contributed by atoms with Gasteiger partial charge in [-0.05, 0) is 12.5 Å². The van der Waals surface area contributed by atoms with Crippen molar-refractivity contribution in [3.63, 3.8) is 0 Å². The molecule has 0 radical (unpaired) electrons. The quantitative estimate of drug-likeness (QED) is 0.732. The topological polar surface area (TPSA) is 42.1 Å². The summed E-state index contributed by atoms with van der Waals surface area (Å²) in [6.07, 6.45) is 3.89. The van der Waals surface area contributed by atoms with E-state index >= 15 is 0 Å². The van der Waals surface area contributed by atoms with Crippen molar-refractivity contribution in [2.75, 3.05) is 18.0 Å². The zero-order valence-electron chi connectivity index (χ0n) is 7.28. The van der Waals surface area contributed by atoms with Crippen molar-refractivity contribution in [2.24, 2.45) is 5.73 Å². The average molecular weight is 181 g/mol. The van der Waals surface area contributed by atoms with Crippen LogP contribution in [0.1, 0.15) is 6.42 Å². The Morgan fingerprint density at radius 1 is 1.69 bits per heavy atom. The summed E-state index contributed by atoms with van der Waals surface area (Å²) < 4.78 is 13.2. The first-order chi connectivity index (χ1) is 6.33. The van der Waals surface area contributed by atoms with Crippen molar-refractivity contribution >= 4 is 5.69 Å². The molecule has 1 unspecified atom stereocenters. The maximum Gasteiger partial charge on any atom is 0.164 e. The molecule has 0 amide bonds. The summed E-state index contributed by atoms with van der Waals surface area (Å²) in [6, 6.07) is 1.99. The molecule has 0 aliphatic carbocycles. The normalized spacial score (nSPS) is 21.4. The summed E-state index contributed by atoms with van der Waals surface area (Å²) in [7, 11) is 0. The summed E-state index contributed by atoms with van der Waals surface area (Å²) >= 11 is 0. The van der Waals surface area contributed by atoms with Gasteiger partial charge in [0.25, 0.3) is 0 Å². The molecule has 0 bridgehead atoms. The molecular weight excluding hydrogens is 169 g/mol. The van der Waals surface area contributed by atoms with Crippen LogP contribution in [0.4, 0.5) is 10.1 Å². The van der Waals surface area contributed by atoms with Gasteiger partial charge in [0.2, 0.25) is 0 Å². The van der Waals surface area contributed by atoms with Crippen LogP contribution < -0.4 is 10.6 Å². The zero-order valence-corrected chi connectivity index (χ0v) is 7.28. The fraction of sp³-hybridized carbons (Fsp3) is 0.444. The highest BCUT2D eigenvalue weighted by molar-refractivity contribution is 5.49. The molecule has 1 aliphatic heterocycles. The molecule has 3 nitrogen and oxygen atoms in total. The number of hydrogen-bond acceptors (Lipinski definition) is 3. The Bertz CT molecular complexity index is 301. The minimum atomic E-state index is -0.263. The van der Waals surface area contributed by atoms with Crippen LogP contribution in [0.25, 0.3) is 0 Å². The molecule has 2 rings (SSSR count). The molecule has 0 spiro atoms. The Morgan fingerprint density at radius 3 is 3.08 bits per heavy atom. The first-order valence-electron chi connectivity index (χ1n) is 4.39. The molecule has 1 aliphatic rings. The summed E-state index contributed by atoms with van der Waals surface area (Å²) in [5.74, 6) is -0.263. The molecular formula is C9H12FN3. The van der Waals surface area contributed by atoms with Gasteiger partial charge in [0, 0.05) is 25.3 Å². The first-order valence-corrected chi connectivity index (χ1v) is 4.39. The molecule has 0 aromatic carbocycles. The second kappa shape index (κ2) is 3.30. The van der Waals surface area contributed by atoms with Crippen LogP contribution in [0.3, 0.4) is 0 Å². The van der Waals surface area contributed by atoms with Gasteiger partial charge in [-0.25, -0.2) is 4.39 Å². The standard InChI is InChI=1S/C9H12FN3/c10-8-6-12-3-1-9(8)13-4-2-7(13)5-11/h1,3,6-7H,2,4-5,11H2. The third kappa shape index (κ3) is 1.37. The Balaban J connectivity index is 2.21. The maximum absolute atomic E-state index is 13.2. The number of aromatic nitrogens is 1. The van der Waals surface area contributed by atoms with Crippen LogP contribution in [-0.4, -0.2) is 24.1 Å². The molecule has 13 heavy (non-hydrogen) atoms. The Morgan fingerprint density at radius 2 is 2.54 bits per heavy atom. The van der Waals surface area contributed by atoms with Gasteiger partial charge >= 0.3 is 0 Å². The summed E-state index contributed by atoms with van der Waals surface area (Å²) in [4.78, 5) is 5.69. The van der Waals surface area contributed by atoms with E-state index in [0.717, 1.165) is 13.0 Å². The third-order valence-electron chi connectivity index (χ3n) is 2.48. The van der Waals surface area contributed by atoms with Crippen molar-refractivity contribution in [1.29, 1.82) is 0 Å². The lowest BCUT2D eigenvalue weighted by molar-refractivity contribution is 0.446. The SMILES string of the molecule is NCC1CCN1c1ccncc1F. The van der Waals surface area contributed by atoms with Crippen LogP contribution >= 0.6 is 0 Å². The lowest BCUT2D eigenvalue weighted by atomic mass is 10.0. The number of anilines is 1. The van der Waals surface area contributed by atoms with Crippen LogP contribution in [-0.2, 0) is 0 Å². The van der Waals surface area contributed by atoms with Gasteiger partial charge in [-0.3, -0.25) is 4.98 Å². The molecule has 2 heterocycles. The van der Waals surface area contributed by atoms with E-state index < -0.39 is 0 Å². The van der Waals surface area contributed by atoms with E-state index in [0.29, 0.717) is 18.3 Å². The lowest BCUT2D eigenvalue weighted by Gasteiger charge is -2.42. The van der Waals surface area contributed by atoms with E-state index in [1.165, 1.54) is 6.20 Å². The number of pyridine rings is 1. The van der Waals surface area contributed by atoms with Crippen molar-refractivity contribution in [3.05, 3.63) is 24.3 Å². The van der Waals surface area contributed by atoms with Crippen LogP contribution in [0.15, 0.2) is 18.5 Å². The van der Waals surface area contributed by atoms with E-state index in [4.69, 9.17) is 5.73 Å². The number of nitrogens with zero attached hydrogens (tertiary/aromatic N) is 2. The second-order valence-electron chi connectivity index (χ2n) is 3.20. The Hall–Kier alpha value is -1.16. The van der Waals surface area contributed by atoms with Gasteiger partial charge in [-0.2, -0.15) is 0 Å². The summed E-state index contributed by atoms with van der Waals surface area (Å²) in [6.45, 7) is 1.48. The van der Waals surface area contributed by atoms with Crippen molar-refractivity contribution in [3.8, 4) is 0 Å². The zero-order chi connectivity index (χ0) is 9.26. The van der Waals surface area contributed by atoms with E-state index in [1.807, 2.05) is 4.90 Å². The van der Waals surface area contributed by atoms with Gasteiger partial charge in [0.05, 0.1) is 11.9 Å². The molecule has 1 saturated heterocycles. The van der Waals surface area contributed by atoms with Crippen molar-refractivity contribution in [2.45, 2.75) is 12.5 Å². The number of rotatable bonds is 2. The van der Waals surface area contributed by atoms with Crippen LogP contribution in [0.2, 0.25) is 0 Å². The number of nitrogens with two attached hydrogens (primary N) is 1. The van der Waals surface area contributed by atoms with E-state index in [1.54, 1.807) is 12.3 Å². The fourth-order valence-electron chi connectivity index (χ4n) is 1.60. The average Bonchev–Trinajstić information content (AvgIpc) is 2.08. The highest BCUT2D eigenvalue weighted by Crippen LogP contribution is 2.27. The van der Waals surface area contributed by atoms with Gasteiger partial charge in [0.1, 0.15) is 0 Å². The highest BCUT2D eigenvalue weighted by atomic mass is 19.1. The number of halogens is 1. The largest absolute Gasteiger partial charge is 0.365 e. The molecule has 1 atom stereocenters. The van der Waals surface area contributed by atoms with Gasteiger partial charge < -0.3 is 10.6 Å². The predicted octanol–water partition coefficient (Wildman–Crippen LogP) is 0.758. The van der Waals surface area contributed by atoms with Crippen molar-refractivity contribution in [1.82, 2.24) is 4.98 Å². The molecule has 1 aromatic heterocycles. The molecule has 0 saturated carbocycles. The van der Waals surface area contributed by atoms with Crippen molar-refractivity contribution < 1.29 is 4.39 Å². The Kier molecular flexibility index (Phi) is 2.14. The minimum absolute atomic E-state index is 0.263. The minimum Gasteiger partial charge on any atom is -0.365 e. The monoisotopic (exact) mass is 181 g/mol. The molecule has 70 valence electrons. The fourth-order valence-corrected chi connectivity index (χ4v) is 1.60.